The van der Waals surface area contributed by atoms with Gasteiger partial charge < -0.3 is 14.6 Å². The first-order valence-electron chi connectivity index (χ1n) is 9.94. The summed E-state index contributed by atoms with van der Waals surface area (Å²) >= 11 is 0. The summed E-state index contributed by atoms with van der Waals surface area (Å²) in [6.45, 7) is 3.43. The third kappa shape index (κ3) is 5.11. The molecule has 0 saturated heterocycles. The van der Waals surface area contributed by atoms with Gasteiger partial charge in [0.05, 0.1) is 20.3 Å². The quantitative estimate of drug-likeness (QED) is 0.343. The molecule has 0 bridgehead atoms. The predicted octanol–water partition coefficient (Wildman–Crippen LogP) is 4.74. The van der Waals surface area contributed by atoms with Crippen LogP contribution in [0.25, 0.3) is 16.3 Å². The van der Waals surface area contributed by atoms with E-state index in [-0.39, 0.29) is 18.8 Å². The molecule has 0 radical (unpaired) electrons. The molecule has 3 aromatic carbocycles. The average Bonchev–Trinajstić information content (AvgIpc) is 2.81. The van der Waals surface area contributed by atoms with Gasteiger partial charge in [0.25, 0.3) is 0 Å². The minimum absolute atomic E-state index is 0.00112. The molecule has 158 valence electrons. The minimum Gasteiger partial charge on any atom is -0.497 e. The van der Waals surface area contributed by atoms with E-state index in [2.05, 4.69) is 0 Å². The summed E-state index contributed by atoms with van der Waals surface area (Å²) in [5.74, 6) is -0.0459. The SMILES string of the molecule is COc1ccc(/C(=C(/C#N)C(=O)OCC(C)(C)CO)c2ccc3ccccc3c2)cc1. The molecule has 3 rings (SSSR count). The van der Waals surface area contributed by atoms with Gasteiger partial charge in [0.2, 0.25) is 0 Å². The predicted molar refractivity (Wildman–Crippen MR) is 120 cm³/mol. The first-order chi connectivity index (χ1) is 14.9. The average molecular weight is 415 g/mol. The van der Waals surface area contributed by atoms with Gasteiger partial charge in [-0.2, -0.15) is 5.26 Å². The number of benzene rings is 3. The molecular weight excluding hydrogens is 390 g/mol. The Morgan fingerprint density at radius 3 is 2.26 bits per heavy atom. The minimum atomic E-state index is -0.719. The van der Waals surface area contributed by atoms with E-state index in [1.165, 1.54) is 0 Å². The highest BCUT2D eigenvalue weighted by Gasteiger charge is 2.24. The molecule has 31 heavy (non-hydrogen) atoms. The highest BCUT2D eigenvalue weighted by Crippen LogP contribution is 2.31. The molecule has 0 unspecified atom stereocenters. The molecule has 0 amide bonds. The number of ether oxygens (including phenoxy) is 2. The maximum Gasteiger partial charge on any atom is 0.349 e. The van der Waals surface area contributed by atoms with Gasteiger partial charge in [-0.1, -0.05) is 62.4 Å². The van der Waals surface area contributed by atoms with E-state index in [0.717, 1.165) is 16.3 Å². The van der Waals surface area contributed by atoms with Gasteiger partial charge in [-0.15, -0.1) is 0 Å². The Morgan fingerprint density at radius 2 is 1.65 bits per heavy atom. The lowest BCUT2D eigenvalue weighted by Crippen LogP contribution is -2.26. The van der Waals surface area contributed by atoms with Crippen molar-refractivity contribution < 1.29 is 19.4 Å². The molecule has 0 aliphatic rings. The van der Waals surface area contributed by atoms with Crippen LogP contribution in [-0.2, 0) is 9.53 Å². The van der Waals surface area contributed by atoms with Crippen LogP contribution in [0.2, 0.25) is 0 Å². The van der Waals surface area contributed by atoms with Crippen molar-refractivity contribution >= 4 is 22.3 Å². The van der Waals surface area contributed by atoms with E-state index in [9.17, 15) is 15.2 Å². The fraction of sp³-hybridized carbons (Fsp3) is 0.231. The number of aliphatic hydroxyl groups is 1. The van der Waals surface area contributed by atoms with Gasteiger partial charge in [0, 0.05) is 11.0 Å². The standard InChI is InChI=1S/C26H25NO4/c1-26(2,16-28)17-31-25(29)23(15-27)24(19-10-12-22(30-3)13-11-19)21-9-8-18-6-4-5-7-20(18)14-21/h4-14,28H,16-17H2,1-3H3/b24-23+. The summed E-state index contributed by atoms with van der Waals surface area (Å²) in [7, 11) is 1.58. The molecule has 0 saturated carbocycles. The number of aliphatic hydroxyl groups excluding tert-OH is 1. The van der Waals surface area contributed by atoms with E-state index < -0.39 is 11.4 Å². The van der Waals surface area contributed by atoms with E-state index in [4.69, 9.17) is 9.47 Å². The first kappa shape index (κ1) is 22.1. The van der Waals surface area contributed by atoms with Crippen molar-refractivity contribution in [2.24, 2.45) is 5.41 Å². The summed E-state index contributed by atoms with van der Waals surface area (Å²) < 4.78 is 10.6. The molecule has 3 aromatic rings. The van der Waals surface area contributed by atoms with Gasteiger partial charge in [-0.05, 0) is 40.1 Å². The number of nitrogens with zero attached hydrogens (tertiary/aromatic N) is 1. The third-order valence-electron chi connectivity index (χ3n) is 5.00. The zero-order chi connectivity index (χ0) is 22.4. The molecular formula is C26H25NO4. The smallest absolute Gasteiger partial charge is 0.349 e. The zero-order valence-electron chi connectivity index (χ0n) is 17.9. The van der Waals surface area contributed by atoms with Crippen molar-refractivity contribution in [1.29, 1.82) is 5.26 Å². The number of rotatable bonds is 7. The number of nitriles is 1. The number of hydrogen-bond acceptors (Lipinski definition) is 5. The lowest BCUT2D eigenvalue weighted by atomic mass is 9.91. The van der Waals surface area contributed by atoms with Crippen LogP contribution in [0.4, 0.5) is 0 Å². The van der Waals surface area contributed by atoms with Crippen LogP contribution in [-0.4, -0.2) is 31.4 Å². The van der Waals surface area contributed by atoms with E-state index >= 15 is 0 Å². The number of esters is 1. The second-order valence-electron chi connectivity index (χ2n) is 8.05. The molecule has 5 nitrogen and oxygen atoms in total. The van der Waals surface area contributed by atoms with Gasteiger partial charge in [-0.25, -0.2) is 4.79 Å². The van der Waals surface area contributed by atoms with Crippen LogP contribution in [0.1, 0.15) is 25.0 Å². The maximum absolute atomic E-state index is 12.9. The van der Waals surface area contributed by atoms with Crippen molar-refractivity contribution in [2.45, 2.75) is 13.8 Å². The van der Waals surface area contributed by atoms with Gasteiger partial charge >= 0.3 is 5.97 Å². The number of methoxy groups -OCH3 is 1. The molecule has 0 fully saturated rings. The fourth-order valence-corrected chi connectivity index (χ4v) is 3.14. The topological polar surface area (TPSA) is 79.5 Å². The fourth-order valence-electron chi connectivity index (χ4n) is 3.14. The Kier molecular flexibility index (Phi) is 6.74. The molecule has 1 N–H and O–H groups in total. The van der Waals surface area contributed by atoms with Crippen LogP contribution in [0.15, 0.2) is 72.3 Å². The second kappa shape index (κ2) is 9.46. The number of carbonyl (C=O) groups excluding carboxylic acids is 1. The molecule has 0 heterocycles. The summed E-state index contributed by atoms with van der Waals surface area (Å²) in [6, 6.07) is 22.9. The Hall–Kier alpha value is -3.62. The van der Waals surface area contributed by atoms with Crippen molar-refractivity contribution in [1.82, 2.24) is 0 Å². The molecule has 0 aliphatic heterocycles. The first-order valence-corrected chi connectivity index (χ1v) is 9.94. The van der Waals surface area contributed by atoms with Crippen molar-refractivity contribution in [3.8, 4) is 11.8 Å². The van der Waals surface area contributed by atoms with E-state index in [0.29, 0.717) is 16.9 Å². The van der Waals surface area contributed by atoms with Gasteiger partial charge in [-0.3, -0.25) is 0 Å². The molecule has 0 aromatic heterocycles. The highest BCUT2D eigenvalue weighted by molar-refractivity contribution is 6.06. The van der Waals surface area contributed by atoms with E-state index in [1.807, 2.05) is 60.7 Å². The van der Waals surface area contributed by atoms with Crippen LogP contribution >= 0.6 is 0 Å². The van der Waals surface area contributed by atoms with Crippen molar-refractivity contribution in [2.75, 3.05) is 20.3 Å². The van der Waals surface area contributed by atoms with Crippen molar-refractivity contribution in [3.63, 3.8) is 0 Å². The van der Waals surface area contributed by atoms with Crippen LogP contribution < -0.4 is 4.74 Å². The van der Waals surface area contributed by atoms with Crippen LogP contribution in [0.5, 0.6) is 5.75 Å². The second-order valence-corrected chi connectivity index (χ2v) is 8.05. The number of fused-ring (bicyclic) bond motifs is 1. The lowest BCUT2D eigenvalue weighted by molar-refractivity contribution is -0.142. The molecule has 0 atom stereocenters. The Balaban J connectivity index is 2.14. The maximum atomic E-state index is 12.9. The van der Waals surface area contributed by atoms with E-state index in [1.54, 1.807) is 33.1 Å². The summed E-state index contributed by atoms with van der Waals surface area (Å²) in [6.07, 6.45) is 0. The lowest BCUT2D eigenvalue weighted by Gasteiger charge is -2.21. The Bertz CT molecular complexity index is 1150. The van der Waals surface area contributed by atoms with Gasteiger partial charge in [0.15, 0.2) is 0 Å². The third-order valence-corrected chi connectivity index (χ3v) is 5.00. The number of carbonyl (C=O) groups is 1. The zero-order valence-corrected chi connectivity index (χ0v) is 17.9. The Morgan fingerprint density at radius 1 is 1.00 bits per heavy atom. The van der Waals surface area contributed by atoms with Crippen molar-refractivity contribution in [3.05, 3.63) is 83.4 Å². The summed E-state index contributed by atoms with van der Waals surface area (Å²) in [5, 5.41) is 21.4. The van der Waals surface area contributed by atoms with Gasteiger partial charge in [0.1, 0.15) is 17.4 Å². The molecule has 5 heteroatoms. The summed E-state index contributed by atoms with van der Waals surface area (Å²) in [4.78, 5) is 12.9. The number of hydrogen-bond donors (Lipinski definition) is 1. The highest BCUT2D eigenvalue weighted by atomic mass is 16.5. The monoisotopic (exact) mass is 415 g/mol. The largest absolute Gasteiger partial charge is 0.497 e. The van der Waals surface area contributed by atoms with Crippen LogP contribution in [0.3, 0.4) is 0 Å². The normalized spacial score (nSPS) is 12.1. The summed E-state index contributed by atoms with van der Waals surface area (Å²) in [5.41, 5.74) is 1.24. The molecule has 0 spiro atoms. The Labute approximate surface area is 182 Å². The molecule has 0 aliphatic carbocycles. The van der Waals surface area contributed by atoms with Crippen LogP contribution in [0, 0.1) is 16.7 Å².